The Morgan fingerprint density at radius 3 is 2.10 bits per heavy atom. The lowest BCUT2D eigenvalue weighted by atomic mass is 10.0. The first-order chi connectivity index (χ1) is 10.3. The summed E-state index contributed by atoms with van der Waals surface area (Å²) in [6.45, 7) is 2.23. The van der Waals surface area contributed by atoms with E-state index in [1.165, 1.54) is 48.4 Å². The molecule has 0 saturated heterocycles. The Morgan fingerprint density at radius 1 is 0.905 bits per heavy atom. The lowest BCUT2D eigenvalue weighted by molar-refractivity contribution is 0.717. The summed E-state index contributed by atoms with van der Waals surface area (Å²) >= 11 is 0. The van der Waals surface area contributed by atoms with Crippen LogP contribution < -0.4 is 0 Å². The molecule has 0 fully saturated rings. The maximum Gasteiger partial charge on any atom is 0.0912 e. The molecule has 0 radical (unpaired) electrons. The van der Waals surface area contributed by atoms with Gasteiger partial charge in [-0.25, -0.2) is 0 Å². The normalized spacial score (nSPS) is 10.7. The van der Waals surface area contributed by atoms with Gasteiger partial charge >= 0.3 is 0 Å². The summed E-state index contributed by atoms with van der Waals surface area (Å²) < 4.78 is 0. The van der Waals surface area contributed by atoms with E-state index in [9.17, 15) is 0 Å². The molecule has 1 heteroatoms. The number of hydrogen-bond acceptors (Lipinski definition) is 1. The molecular formula is C20H21N. The second-order valence-electron chi connectivity index (χ2n) is 5.24. The highest BCUT2D eigenvalue weighted by molar-refractivity contribution is 5.66. The minimum atomic E-state index is 1.05. The molecule has 0 heterocycles. The molecule has 0 unspecified atom stereocenters. The molecule has 106 valence electrons. The van der Waals surface area contributed by atoms with Gasteiger partial charge in [-0.3, -0.25) is 0 Å². The monoisotopic (exact) mass is 275 g/mol. The Kier molecular flexibility index (Phi) is 5.79. The van der Waals surface area contributed by atoms with Crippen LogP contribution in [0.3, 0.4) is 0 Å². The van der Waals surface area contributed by atoms with Crippen LogP contribution in [0.15, 0.2) is 54.6 Å². The Labute approximate surface area is 127 Å². The van der Waals surface area contributed by atoms with Crippen LogP contribution in [0.25, 0.3) is 17.2 Å². The first-order valence-electron chi connectivity index (χ1n) is 7.59. The molecule has 0 amide bonds. The third kappa shape index (κ3) is 4.61. The van der Waals surface area contributed by atoms with E-state index in [-0.39, 0.29) is 0 Å². The lowest BCUT2D eigenvalue weighted by Gasteiger charge is -2.05. The number of unbranched alkanes of at least 4 members (excludes halogenated alkanes) is 2. The molecule has 2 rings (SSSR count). The van der Waals surface area contributed by atoms with Crippen molar-refractivity contribution >= 4 is 6.08 Å². The zero-order valence-corrected chi connectivity index (χ0v) is 12.5. The van der Waals surface area contributed by atoms with Crippen LogP contribution in [0.1, 0.15) is 37.3 Å². The van der Waals surface area contributed by atoms with E-state index in [1.54, 1.807) is 0 Å². The molecule has 21 heavy (non-hydrogen) atoms. The van der Waals surface area contributed by atoms with Gasteiger partial charge in [0, 0.05) is 6.08 Å². The second kappa shape index (κ2) is 8.07. The fraction of sp³-hybridized carbons (Fsp3) is 0.250. The zero-order chi connectivity index (χ0) is 14.9. The quantitative estimate of drug-likeness (QED) is 0.495. The van der Waals surface area contributed by atoms with Gasteiger partial charge < -0.3 is 0 Å². The topological polar surface area (TPSA) is 23.8 Å². The summed E-state index contributed by atoms with van der Waals surface area (Å²) in [5.74, 6) is 0. The third-order valence-electron chi connectivity index (χ3n) is 3.62. The average Bonchev–Trinajstić information content (AvgIpc) is 2.54. The summed E-state index contributed by atoms with van der Waals surface area (Å²) in [5, 5.41) is 8.53. The minimum absolute atomic E-state index is 1.05. The van der Waals surface area contributed by atoms with E-state index in [2.05, 4.69) is 43.3 Å². The molecule has 0 N–H and O–H groups in total. The van der Waals surface area contributed by atoms with Crippen molar-refractivity contribution in [3.63, 3.8) is 0 Å². The molecule has 0 aliphatic carbocycles. The van der Waals surface area contributed by atoms with Gasteiger partial charge in [0.2, 0.25) is 0 Å². The zero-order valence-electron chi connectivity index (χ0n) is 12.5. The van der Waals surface area contributed by atoms with Crippen LogP contribution in [-0.4, -0.2) is 0 Å². The molecule has 2 aromatic carbocycles. The molecule has 0 spiro atoms. The summed E-state index contributed by atoms with van der Waals surface area (Å²) in [7, 11) is 0. The van der Waals surface area contributed by atoms with E-state index >= 15 is 0 Å². The van der Waals surface area contributed by atoms with Gasteiger partial charge in [0.25, 0.3) is 0 Å². The predicted molar refractivity (Wildman–Crippen MR) is 89.8 cm³/mol. The number of nitrogens with zero attached hydrogens (tertiary/aromatic N) is 1. The first-order valence-corrected chi connectivity index (χ1v) is 7.59. The van der Waals surface area contributed by atoms with Gasteiger partial charge in [0.05, 0.1) is 6.07 Å². The Balaban J connectivity index is 2.04. The molecule has 0 atom stereocenters. The van der Waals surface area contributed by atoms with Crippen LogP contribution in [0, 0.1) is 11.3 Å². The molecule has 0 bridgehead atoms. The number of nitriles is 1. The van der Waals surface area contributed by atoms with Gasteiger partial charge in [-0.2, -0.15) is 5.26 Å². The van der Waals surface area contributed by atoms with Crippen LogP contribution in [0.5, 0.6) is 0 Å². The SMILES string of the molecule is CCCCCc1ccc(-c2ccc(C=CC#N)cc2)cc1. The van der Waals surface area contributed by atoms with Gasteiger partial charge in [0.15, 0.2) is 0 Å². The lowest BCUT2D eigenvalue weighted by Crippen LogP contribution is -1.86. The van der Waals surface area contributed by atoms with Gasteiger partial charge in [-0.05, 0) is 41.2 Å². The van der Waals surface area contributed by atoms with Crippen LogP contribution in [-0.2, 0) is 6.42 Å². The predicted octanol–water partition coefficient (Wildman–Crippen LogP) is 5.62. The standard InChI is InChI=1S/C20H21N/c1-2-3-4-6-17-8-12-19(13-9-17)20-14-10-18(11-15-20)7-5-16-21/h5,7-15H,2-4,6H2,1H3. The van der Waals surface area contributed by atoms with Crippen LogP contribution in [0.2, 0.25) is 0 Å². The van der Waals surface area contributed by atoms with Crippen molar-refractivity contribution in [2.24, 2.45) is 0 Å². The van der Waals surface area contributed by atoms with Crippen LogP contribution in [0.4, 0.5) is 0 Å². The van der Waals surface area contributed by atoms with Gasteiger partial charge in [0.1, 0.15) is 0 Å². The molecule has 0 aliphatic heterocycles. The number of hydrogen-bond donors (Lipinski definition) is 0. The highest BCUT2D eigenvalue weighted by Crippen LogP contribution is 2.21. The number of aryl methyl sites for hydroxylation is 1. The Hall–Kier alpha value is -2.33. The fourth-order valence-electron chi connectivity index (χ4n) is 2.36. The van der Waals surface area contributed by atoms with Crippen molar-refractivity contribution in [3.05, 3.63) is 65.7 Å². The third-order valence-corrected chi connectivity index (χ3v) is 3.62. The van der Waals surface area contributed by atoms with Gasteiger partial charge in [-0.1, -0.05) is 68.3 Å². The largest absolute Gasteiger partial charge is 0.193 e. The Bertz CT molecular complexity index is 612. The van der Waals surface area contributed by atoms with Crippen molar-refractivity contribution in [1.82, 2.24) is 0 Å². The number of benzene rings is 2. The molecule has 0 saturated carbocycles. The smallest absolute Gasteiger partial charge is 0.0912 e. The highest BCUT2D eigenvalue weighted by atomic mass is 14.2. The second-order valence-corrected chi connectivity index (χ2v) is 5.24. The average molecular weight is 275 g/mol. The maximum atomic E-state index is 8.53. The molecule has 0 aliphatic rings. The van der Waals surface area contributed by atoms with E-state index in [4.69, 9.17) is 5.26 Å². The van der Waals surface area contributed by atoms with Crippen molar-refractivity contribution in [2.75, 3.05) is 0 Å². The summed E-state index contributed by atoms with van der Waals surface area (Å²) in [4.78, 5) is 0. The number of rotatable bonds is 6. The van der Waals surface area contributed by atoms with Crippen molar-refractivity contribution in [2.45, 2.75) is 32.6 Å². The fourth-order valence-corrected chi connectivity index (χ4v) is 2.36. The van der Waals surface area contributed by atoms with Crippen molar-refractivity contribution in [3.8, 4) is 17.2 Å². The van der Waals surface area contributed by atoms with Crippen LogP contribution >= 0.6 is 0 Å². The molecule has 1 nitrogen and oxygen atoms in total. The van der Waals surface area contributed by atoms with Crippen molar-refractivity contribution < 1.29 is 0 Å². The van der Waals surface area contributed by atoms with E-state index in [1.807, 2.05) is 24.3 Å². The molecule has 0 aromatic heterocycles. The van der Waals surface area contributed by atoms with Gasteiger partial charge in [-0.15, -0.1) is 0 Å². The number of allylic oxidation sites excluding steroid dienone is 1. The summed E-state index contributed by atoms with van der Waals surface area (Å²) in [6, 6.07) is 19.1. The highest BCUT2D eigenvalue weighted by Gasteiger charge is 1.98. The van der Waals surface area contributed by atoms with Crippen molar-refractivity contribution in [1.29, 1.82) is 5.26 Å². The summed E-state index contributed by atoms with van der Waals surface area (Å²) in [6.07, 6.45) is 8.34. The maximum absolute atomic E-state index is 8.53. The molecular weight excluding hydrogens is 254 g/mol. The van der Waals surface area contributed by atoms with E-state index < -0.39 is 0 Å². The Morgan fingerprint density at radius 2 is 1.52 bits per heavy atom. The first kappa shape index (κ1) is 15.1. The molecule has 2 aromatic rings. The summed E-state index contributed by atoms with van der Waals surface area (Å²) in [5.41, 5.74) is 4.92. The van der Waals surface area contributed by atoms with E-state index in [0.29, 0.717) is 0 Å². The van der Waals surface area contributed by atoms with E-state index in [0.717, 1.165) is 5.56 Å². The minimum Gasteiger partial charge on any atom is -0.193 e.